The van der Waals surface area contributed by atoms with Crippen molar-refractivity contribution in [3.8, 4) is 5.75 Å². The van der Waals surface area contributed by atoms with E-state index in [1.165, 1.54) is 34.4 Å². The van der Waals surface area contributed by atoms with Crippen LogP contribution in [0.25, 0.3) is 0 Å². The van der Waals surface area contributed by atoms with Crippen molar-refractivity contribution in [1.82, 2.24) is 4.90 Å². The Morgan fingerprint density at radius 3 is 2.64 bits per heavy atom. The first-order valence-corrected chi connectivity index (χ1v) is 13.2. The molecule has 4 atom stereocenters. The van der Waals surface area contributed by atoms with E-state index >= 15 is 0 Å². The van der Waals surface area contributed by atoms with E-state index in [0.717, 1.165) is 16.5 Å². The number of likely N-dealkylation sites (tertiary alicyclic amines) is 1. The molecule has 1 saturated heterocycles. The molecule has 0 spiro atoms. The van der Waals surface area contributed by atoms with Crippen LogP contribution in [-0.4, -0.2) is 33.4 Å². The molecule has 0 saturated carbocycles. The number of hydrogen-bond acceptors (Lipinski definition) is 6. The third kappa shape index (κ3) is 3.40. The lowest BCUT2D eigenvalue weighted by Crippen LogP contribution is -2.39. The molecule has 3 aliphatic carbocycles. The number of imide groups is 1. The zero-order chi connectivity index (χ0) is 25.3. The second-order valence-corrected chi connectivity index (χ2v) is 11.3. The maximum Gasteiger partial charge on any atom is 0.234 e. The van der Waals surface area contributed by atoms with Gasteiger partial charge in [0.05, 0.1) is 22.9 Å². The number of fused-ring (bicyclic) bond motifs is 3. The zero-order valence-electron chi connectivity index (χ0n) is 18.7. The average molecular weight is 568 g/mol. The Morgan fingerprint density at radius 1 is 1.11 bits per heavy atom. The summed E-state index contributed by atoms with van der Waals surface area (Å²) in [5.41, 5.74) is 1.70. The number of aromatic hydroxyl groups is 1. The second-order valence-electron chi connectivity index (χ2n) is 9.45. The first kappa shape index (κ1) is 23.2. The summed E-state index contributed by atoms with van der Waals surface area (Å²) >= 11 is 4.65. The van der Waals surface area contributed by atoms with Crippen molar-refractivity contribution in [2.45, 2.75) is 25.3 Å². The van der Waals surface area contributed by atoms with E-state index in [1.807, 2.05) is 23.6 Å². The van der Waals surface area contributed by atoms with E-state index in [0.29, 0.717) is 12.0 Å². The minimum absolute atomic E-state index is 0.134. The van der Waals surface area contributed by atoms with Crippen LogP contribution in [0.5, 0.6) is 5.75 Å². The van der Waals surface area contributed by atoms with Gasteiger partial charge in [0.2, 0.25) is 11.8 Å². The Balaban J connectivity index is 1.47. The molecule has 2 heterocycles. The minimum atomic E-state index is -0.841. The van der Waals surface area contributed by atoms with Gasteiger partial charge in [-0.15, -0.1) is 11.3 Å². The van der Waals surface area contributed by atoms with Gasteiger partial charge < -0.3 is 5.11 Å². The predicted molar refractivity (Wildman–Crippen MR) is 133 cm³/mol. The van der Waals surface area contributed by atoms with Crippen LogP contribution >= 0.6 is 27.3 Å². The summed E-state index contributed by atoms with van der Waals surface area (Å²) in [4.78, 5) is 55.5. The van der Waals surface area contributed by atoms with Crippen molar-refractivity contribution in [3.63, 3.8) is 0 Å². The first-order valence-electron chi connectivity index (χ1n) is 11.5. The monoisotopic (exact) mass is 567 g/mol. The molecule has 1 aromatic carbocycles. The number of nitrogens with zero attached hydrogens (tertiary/aromatic N) is 1. The normalized spacial score (nSPS) is 27.6. The van der Waals surface area contributed by atoms with Gasteiger partial charge >= 0.3 is 0 Å². The standard InChI is InChI=1S/C27H19BrFNO5S/c28-18-10-21(32)24-17(25(18)33)9-16-14(22(24)12-3-6-20(31)19(29)8-12)4-5-15-23(16)27(35)30(26(15)34)11-13-2-1-7-36-13/h1-4,6-8,10,15-16,22-23,31H,5,9,11H2/t15-,16+,22-,23-/m0/s1. The van der Waals surface area contributed by atoms with Crippen molar-refractivity contribution in [2.75, 3.05) is 0 Å². The fourth-order valence-electron chi connectivity index (χ4n) is 6.07. The number of hydrogen-bond donors (Lipinski definition) is 1. The number of ketones is 2. The lowest BCUT2D eigenvalue weighted by molar-refractivity contribution is -0.140. The van der Waals surface area contributed by atoms with Gasteiger partial charge in [0.25, 0.3) is 0 Å². The first-order chi connectivity index (χ1) is 17.3. The smallest absolute Gasteiger partial charge is 0.234 e. The topological polar surface area (TPSA) is 91.8 Å². The summed E-state index contributed by atoms with van der Waals surface area (Å²) < 4.78 is 14.6. The maximum absolute atomic E-state index is 14.4. The summed E-state index contributed by atoms with van der Waals surface area (Å²) in [6, 6.07) is 7.65. The lowest BCUT2D eigenvalue weighted by atomic mass is 9.59. The summed E-state index contributed by atoms with van der Waals surface area (Å²) in [6.07, 6.45) is 3.59. The third-order valence-electron chi connectivity index (χ3n) is 7.62. The van der Waals surface area contributed by atoms with E-state index in [1.54, 1.807) is 0 Å². The summed E-state index contributed by atoms with van der Waals surface area (Å²) in [5, 5.41) is 11.6. The molecule has 6 rings (SSSR count). The number of halogens is 2. The number of allylic oxidation sites excluding steroid dienone is 6. The highest BCUT2D eigenvalue weighted by Gasteiger charge is 2.56. The maximum atomic E-state index is 14.4. The van der Waals surface area contributed by atoms with E-state index in [4.69, 9.17) is 0 Å². The fourth-order valence-corrected chi connectivity index (χ4v) is 7.21. The number of benzene rings is 1. The number of rotatable bonds is 3. The number of thiophene rings is 1. The highest BCUT2D eigenvalue weighted by Crippen LogP contribution is 2.55. The van der Waals surface area contributed by atoms with Crippen molar-refractivity contribution in [3.05, 3.63) is 85.3 Å². The molecule has 182 valence electrons. The molecule has 4 aliphatic rings. The van der Waals surface area contributed by atoms with E-state index < -0.39 is 35.2 Å². The van der Waals surface area contributed by atoms with Crippen LogP contribution in [0.2, 0.25) is 0 Å². The molecular weight excluding hydrogens is 549 g/mol. The molecule has 0 radical (unpaired) electrons. The van der Waals surface area contributed by atoms with Gasteiger partial charge in [0.15, 0.2) is 23.1 Å². The minimum Gasteiger partial charge on any atom is -0.505 e. The van der Waals surface area contributed by atoms with E-state index in [-0.39, 0.29) is 52.0 Å². The van der Waals surface area contributed by atoms with Gasteiger partial charge in [0, 0.05) is 28.0 Å². The Labute approximate surface area is 217 Å². The van der Waals surface area contributed by atoms with Gasteiger partial charge in [-0.2, -0.15) is 0 Å². The van der Waals surface area contributed by atoms with Crippen LogP contribution in [0.3, 0.4) is 0 Å². The average Bonchev–Trinajstić information content (AvgIpc) is 3.46. The van der Waals surface area contributed by atoms with E-state index in [9.17, 15) is 28.7 Å². The molecule has 1 N–H and O–H groups in total. The van der Waals surface area contributed by atoms with E-state index in [2.05, 4.69) is 15.9 Å². The quantitative estimate of drug-likeness (QED) is 0.333. The molecule has 2 amide bonds. The molecule has 0 bridgehead atoms. The predicted octanol–water partition coefficient (Wildman–Crippen LogP) is 4.56. The lowest BCUT2D eigenvalue weighted by Gasteiger charge is -2.42. The molecule has 9 heteroatoms. The van der Waals surface area contributed by atoms with Crippen LogP contribution in [-0.2, 0) is 25.7 Å². The largest absolute Gasteiger partial charge is 0.505 e. The molecule has 6 nitrogen and oxygen atoms in total. The van der Waals surface area contributed by atoms with Crippen LogP contribution in [0, 0.1) is 23.6 Å². The Hall–Kier alpha value is -3.17. The van der Waals surface area contributed by atoms with Gasteiger partial charge in [0.1, 0.15) is 0 Å². The fraction of sp³-hybridized carbons (Fsp3) is 0.259. The van der Waals surface area contributed by atoms with Gasteiger partial charge in [-0.3, -0.25) is 24.1 Å². The third-order valence-corrected chi connectivity index (χ3v) is 9.07. The van der Waals surface area contributed by atoms with Crippen molar-refractivity contribution in [2.24, 2.45) is 17.8 Å². The number of phenols is 1. The molecule has 1 fully saturated rings. The zero-order valence-corrected chi connectivity index (χ0v) is 21.1. The Morgan fingerprint density at radius 2 is 1.92 bits per heavy atom. The number of carbonyl (C=O) groups is 4. The van der Waals surface area contributed by atoms with Gasteiger partial charge in [-0.25, -0.2) is 4.39 Å². The van der Waals surface area contributed by atoms with Crippen molar-refractivity contribution in [1.29, 1.82) is 0 Å². The Bertz CT molecular complexity index is 1460. The second kappa shape index (κ2) is 8.45. The molecule has 1 aliphatic heterocycles. The molecule has 1 aromatic heterocycles. The number of phenolic OH excluding ortho intramolecular Hbond substituents is 1. The van der Waals surface area contributed by atoms with Crippen LogP contribution < -0.4 is 0 Å². The molecule has 0 unspecified atom stereocenters. The summed E-state index contributed by atoms with van der Waals surface area (Å²) in [5.74, 6) is -5.01. The highest BCUT2D eigenvalue weighted by molar-refractivity contribution is 9.12. The molecule has 2 aromatic rings. The number of carbonyl (C=O) groups excluding carboxylic acids is 4. The van der Waals surface area contributed by atoms with Crippen molar-refractivity contribution < 1.29 is 28.7 Å². The van der Waals surface area contributed by atoms with Crippen molar-refractivity contribution >= 4 is 50.6 Å². The van der Waals surface area contributed by atoms with Crippen LogP contribution in [0.4, 0.5) is 4.39 Å². The number of amides is 2. The van der Waals surface area contributed by atoms with Gasteiger partial charge in [-0.1, -0.05) is 23.8 Å². The molecular formula is C27H19BrFNO5S. The summed E-state index contributed by atoms with van der Waals surface area (Å²) in [7, 11) is 0. The highest BCUT2D eigenvalue weighted by atomic mass is 79.9. The SMILES string of the molecule is O=C1C=C(Br)C(=O)C2=C1[C@@H](c1ccc(O)c(F)c1)C1=CC[C@@H]3C(=O)N(Cc4cccs4)C(=O)[C@@H]3[C@@H]1C2. The molecule has 36 heavy (non-hydrogen) atoms. The summed E-state index contributed by atoms with van der Waals surface area (Å²) in [6.45, 7) is 0.205. The Kier molecular flexibility index (Phi) is 5.46. The van der Waals surface area contributed by atoms with Gasteiger partial charge in [-0.05, 0) is 63.8 Å². The van der Waals surface area contributed by atoms with Crippen LogP contribution in [0.1, 0.15) is 29.2 Å². The number of Topliss-reactive ketones (excluding diaryl/α,β-unsaturated/α-hetero) is 1. The van der Waals surface area contributed by atoms with Crippen LogP contribution in [0.15, 0.2) is 69.1 Å².